The second-order valence-corrected chi connectivity index (χ2v) is 7.72. The van der Waals surface area contributed by atoms with Crippen LogP contribution in [0.25, 0.3) is 6.08 Å². The van der Waals surface area contributed by atoms with Crippen molar-refractivity contribution in [1.82, 2.24) is 24.6 Å². The van der Waals surface area contributed by atoms with Crippen LogP contribution in [0.2, 0.25) is 0 Å². The summed E-state index contributed by atoms with van der Waals surface area (Å²) in [6.45, 7) is 3.37. The number of allylic oxidation sites excluding steroid dienone is 2. The summed E-state index contributed by atoms with van der Waals surface area (Å²) in [4.78, 5) is 41.5. The summed E-state index contributed by atoms with van der Waals surface area (Å²) in [6.07, 6.45) is 4.32. The van der Waals surface area contributed by atoms with Gasteiger partial charge in [0.25, 0.3) is 17.7 Å². The zero-order chi connectivity index (χ0) is 23.5. The highest BCUT2D eigenvalue weighted by Gasteiger charge is 2.34. The average molecular weight is 457 g/mol. The third-order valence-electron chi connectivity index (χ3n) is 5.59. The van der Waals surface area contributed by atoms with E-state index in [-0.39, 0.29) is 34.4 Å². The maximum absolute atomic E-state index is 12.9. The summed E-state index contributed by atoms with van der Waals surface area (Å²) in [6, 6.07) is 0. The number of rotatable bonds is 4. The van der Waals surface area contributed by atoms with E-state index in [0.717, 1.165) is 9.69 Å². The fourth-order valence-corrected chi connectivity index (χ4v) is 3.74. The van der Waals surface area contributed by atoms with E-state index < -0.39 is 11.8 Å². The number of carbonyl (C=O) groups is 3. The summed E-state index contributed by atoms with van der Waals surface area (Å²) in [5.74, 6) is -1.58. The highest BCUT2D eigenvalue weighted by Crippen LogP contribution is 2.22. The lowest BCUT2D eigenvalue weighted by atomic mass is 10.1. The van der Waals surface area contributed by atoms with Crippen molar-refractivity contribution in [3.63, 3.8) is 0 Å². The van der Waals surface area contributed by atoms with E-state index in [4.69, 9.17) is 9.47 Å². The first kappa shape index (κ1) is 22.7. The molecule has 12 nitrogen and oxygen atoms in total. The molecule has 0 aromatic carbocycles. The Hall–Kier alpha value is -3.51. The van der Waals surface area contributed by atoms with Crippen LogP contribution in [0.5, 0.6) is 5.88 Å². The Kier molecular flexibility index (Phi) is 6.56. The van der Waals surface area contributed by atoms with Gasteiger partial charge in [0.1, 0.15) is 0 Å². The Morgan fingerprint density at radius 3 is 2.15 bits per heavy atom. The van der Waals surface area contributed by atoms with Crippen LogP contribution in [0.3, 0.4) is 0 Å². The molecule has 0 saturated carbocycles. The van der Waals surface area contributed by atoms with E-state index in [0.29, 0.717) is 52.6 Å². The summed E-state index contributed by atoms with van der Waals surface area (Å²) in [5, 5.41) is 21.9. The van der Waals surface area contributed by atoms with E-state index >= 15 is 0 Å². The van der Waals surface area contributed by atoms with Gasteiger partial charge in [-0.2, -0.15) is 10.2 Å². The summed E-state index contributed by atoms with van der Waals surface area (Å²) >= 11 is 0. The number of ether oxygens (including phenoxy) is 2. The number of aromatic nitrogens is 2. The van der Waals surface area contributed by atoms with Gasteiger partial charge in [0.2, 0.25) is 0 Å². The predicted molar refractivity (Wildman–Crippen MR) is 114 cm³/mol. The standard InChI is InChI=1S/C21H26N6O6/c1-24-18(28)14(16(22-24)20(30)26-6-10-32-11-7-26)4-3-5-15-17(23-25(2)19(15)29)21(31)27-8-12-33-13-9-27/h3-5,28H,6-13H2,1-2H3/p-1/b4-3+,15-5-. The van der Waals surface area contributed by atoms with Crippen molar-refractivity contribution >= 4 is 29.5 Å². The summed E-state index contributed by atoms with van der Waals surface area (Å²) in [5.41, 5.74) is 0.296. The molecule has 176 valence electrons. The van der Waals surface area contributed by atoms with Gasteiger partial charge in [-0.05, 0) is 12.0 Å². The smallest absolute Gasteiger partial charge is 0.276 e. The Balaban J connectivity index is 1.58. The number of carbonyl (C=O) groups excluding carboxylic acids is 3. The second kappa shape index (κ2) is 9.55. The van der Waals surface area contributed by atoms with Crippen LogP contribution >= 0.6 is 0 Å². The molecular formula is C21H25N6O6-. The molecule has 2 fully saturated rings. The molecule has 12 heteroatoms. The van der Waals surface area contributed by atoms with E-state index in [1.165, 1.54) is 32.3 Å². The summed E-state index contributed by atoms with van der Waals surface area (Å²) in [7, 11) is 2.94. The van der Waals surface area contributed by atoms with Gasteiger partial charge in [0.05, 0.1) is 32.0 Å². The molecule has 3 amide bonds. The average Bonchev–Trinajstić information content (AvgIpc) is 3.29. The zero-order valence-electron chi connectivity index (χ0n) is 18.5. The van der Waals surface area contributed by atoms with Gasteiger partial charge in [-0.15, -0.1) is 0 Å². The van der Waals surface area contributed by atoms with E-state index in [1.807, 2.05) is 0 Å². The van der Waals surface area contributed by atoms with Crippen LogP contribution in [0, 0.1) is 0 Å². The molecule has 0 unspecified atom stereocenters. The van der Waals surface area contributed by atoms with Gasteiger partial charge in [-0.25, -0.2) is 5.01 Å². The van der Waals surface area contributed by atoms with E-state index in [9.17, 15) is 19.5 Å². The minimum atomic E-state index is -0.436. The number of hydrogen-bond acceptors (Lipinski definition) is 8. The largest absolute Gasteiger partial charge is 0.858 e. The van der Waals surface area contributed by atoms with Gasteiger partial charge in [0, 0.05) is 45.8 Å². The maximum atomic E-state index is 12.9. The first-order valence-electron chi connectivity index (χ1n) is 10.6. The molecule has 33 heavy (non-hydrogen) atoms. The number of nitrogens with zero attached hydrogens (tertiary/aromatic N) is 6. The third kappa shape index (κ3) is 4.52. The Bertz CT molecular complexity index is 1050. The van der Waals surface area contributed by atoms with Gasteiger partial charge in [-0.1, -0.05) is 12.2 Å². The molecule has 4 rings (SSSR count). The molecule has 0 aliphatic carbocycles. The van der Waals surface area contributed by atoms with Gasteiger partial charge in [0.15, 0.2) is 11.4 Å². The van der Waals surface area contributed by atoms with Crippen LogP contribution in [-0.4, -0.2) is 108 Å². The molecule has 3 aliphatic rings. The van der Waals surface area contributed by atoms with Crippen LogP contribution in [-0.2, 0) is 26.1 Å². The number of amides is 3. The fourth-order valence-electron chi connectivity index (χ4n) is 3.74. The minimum absolute atomic E-state index is 0.0344. The molecule has 2 saturated heterocycles. The molecule has 0 bridgehead atoms. The van der Waals surface area contributed by atoms with E-state index in [2.05, 4.69) is 10.2 Å². The first-order valence-corrected chi connectivity index (χ1v) is 10.6. The number of hydrogen-bond donors (Lipinski definition) is 0. The van der Waals surface area contributed by atoms with Crippen molar-refractivity contribution in [3.8, 4) is 5.88 Å². The normalized spacial score (nSPS) is 20.8. The van der Waals surface area contributed by atoms with Crippen molar-refractivity contribution in [2.24, 2.45) is 12.1 Å². The number of aryl methyl sites for hydroxylation is 1. The monoisotopic (exact) mass is 457 g/mol. The van der Waals surface area contributed by atoms with Crippen molar-refractivity contribution in [1.29, 1.82) is 0 Å². The highest BCUT2D eigenvalue weighted by molar-refractivity contribution is 6.52. The summed E-state index contributed by atoms with van der Waals surface area (Å²) < 4.78 is 11.6. The van der Waals surface area contributed by atoms with Crippen molar-refractivity contribution in [2.75, 3.05) is 59.7 Å². The van der Waals surface area contributed by atoms with Crippen molar-refractivity contribution < 1.29 is 29.0 Å². The Morgan fingerprint density at radius 1 is 0.970 bits per heavy atom. The lowest BCUT2D eigenvalue weighted by Gasteiger charge is -2.26. The molecule has 0 spiro atoms. The molecule has 0 atom stereocenters. The van der Waals surface area contributed by atoms with Crippen LogP contribution in [0.15, 0.2) is 22.8 Å². The highest BCUT2D eigenvalue weighted by atomic mass is 16.5. The number of hydrazone groups is 1. The second-order valence-electron chi connectivity index (χ2n) is 7.72. The number of likely N-dealkylation sites (N-methyl/N-ethyl adjacent to an activating group) is 1. The topological polar surface area (TPSA) is 133 Å². The lowest BCUT2D eigenvalue weighted by molar-refractivity contribution is -0.279. The molecule has 1 aromatic heterocycles. The van der Waals surface area contributed by atoms with E-state index in [1.54, 1.807) is 9.80 Å². The fraction of sp³-hybridized carbons (Fsp3) is 0.476. The molecule has 3 aliphatic heterocycles. The molecule has 0 N–H and O–H groups in total. The maximum Gasteiger partial charge on any atom is 0.276 e. The SMILES string of the molecule is CN1N=C(C(=O)N2CCOCC2)/C(=C/C=C/c2c(C(=O)N3CCOCC3)nn(C)c2[O-])C1=O. The molecular weight excluding hydrogens is 432 g/mol. The third-order valence-corrected chi connectivity index (χ3v) is 5.59. The number of morpholine rings is 2. The van der Waals surface area contributed by atoms with Gasteiger partial charge >= 0.3 is 0 Å². The van der Waals surface area contributed by atoms with Gasteiger partial charge < -0.3 is 24.4 Å². The first-order chi connectivity index (χ1) is 15.9. The lowest BCUT2D eigenvalue weighted by Crippen LogP contribution is -2.44. The van der Waals surface area contributed by atoms with Crippen LogP contribution < -0.4 is 5.11 Å². The Morgan fingerprint density at radius 2 is 1.55 bits per heavy atom. The molecule has 1 aromatic rings. The minimum Gasteiger partial charge on any atom is -0.858 e. The Labute approximate surface area is 190 Å². The van der Waals surface area contributed by atoms with Crippen LogP contribution in [0.1, 0.15) is 16.1 Å². The molecule has 0 radical (unpaired) electrons. The van der Waals surface area contributed by atoms with Crippen molar-refractivity contribution in [3.05, 3.63) is 29.0 Å². The van der Waals surface area contributed by atoms with Gasteiger partial charge in [-0.3, -0.25) is 19.1 Å². The quantitative estimate of drug-likeness (QED) is 0.508. The predicted octanol–water partition coefficient (Wildman–Crippen LogP) is -1.41. The zero-order valence-corrected chi connectivity index (χ0v) is 18.5. The van der Waals surface area contributed by atoms with Crippen LogP contribution in [0.4, 0.5) is 0 Å². The molecule has 4 heterocycles. The van der Waals surface area contributed by atoms with Crippen molar-refractivity contribution in [2.45, 2.75) is 0 Å².